The first-order valence-electron chi connectivity index (χ1n) is 8.45. The van der Waals surface area contributed by atoms with Crippen LogP contribution in [0.25, 0.3) is 6.08 Å². The van der Waals surface area contributed by atoms with Gasteiger partial charge in [0.25, 0.3) is 0 Å². The minimum Gasteiger partial charge on any atom is -0.497 e. The molecule has 0 saturated heterocycles. The number of ketones is 1. The zero-order valence-corrected chi connectivity index (χ0v) is 14.3. The third kappa shape index (κ3) is 2.05. The summed E-state index contributed by atoms with van der Waals surface area (Å²) < 4.78 is 11.1. The first-order chi connectivity index (χ1) is 13.1. The lowest BCUT2D eigenvalue weighted by molar-refractivity contribution is -0.428. The number of fused-ring (bicyclic) bond motifs is 6. The summed E-state index contributed by atoms with van der Waals surface area (Å²) in [4.78, 5) is 26.2. The van der Waals surface area contributed by atoms with Crippen LogP contribution >= 0.6 is 0 Å². The number of methoxy groups -OCH3 is 1. The molecule has 0 N–H and O–H groups in total. The van der Waals surface area contributed by atoms with Crippen LogP contribution in [0.4, 0.5) is 5.69 Å². The number of ether oxygens (including phenoxy) is 2. The van der Waals surface area contributed by atoms with E-state index < -0.39 is 16.9 Å². The third-order valence-corrected chi connectivity index (χ3v) is 5.17. The number of benzene rings is 2. The number of carbonyl (C=O) groups excluding carboxylic acids is 1. The van der Waals surface area contributed by atoms with Crippen LogP contribution in [0.5, 0.6) is 11.5 Å². The van der Waals surface area contributed by atoms with Gasteiger partial charge in [0.1, 0.15) is 29.1 Å². The number of hydrogen-bond donors (Lipinski definition) is 0. The lowest BCUT2D eigenvalue weighted by Gasteiger charge is -2.27. The molecule has 2 atom stereocenters. The number of rotatable bonds is 2. The molecule has 0 aromatic heterocycles. The summed E-state index contributed by atoms with van der Waals surface area (Å²) in [6.07, 6.45) is 3.73. The summed E-state index contributed by atoms with van der Waals surface area (Å²) in [5.74, 6) is -0.257. The minimum absolute atomic E-state index is 0.0807. The van der Waals surface area contributed by atoms with Crippen LogP contribution in [-0.4, -0.2) is 23.9 Å². The zero-order chi connectivity index (χ0) is 18.7. The summed E-state index contributed by atoms with van der Waals surface area (Å²) in [5, 5.41) is 11.9. The molecule has 0 amide bonds. The Balaban J connectivity index is 1.72. The highest BCUT2D eigenvalue weighted by Gasteiger charge is 2.57. The van der Waals surface area contributed by atoms with Crippen LogP contribution in [0.2, 0.25) is 0 Å². The number of carbonyl (C=O) groups is 1. The normalized spacial score (nSPS) is 21.8. The molecule has 0 saturated carbocycles. The number of nitrogens with zero attached hydrogens (tertiary/aromatic N) is 2. The second-order valence-electron chi connectivity index (χ2n) is 6.53. The summed E-state index contributed by atoms with van der Waals surface area (Å²) in [6, 6.07) is 11.8. The van der Waals surface area contributed by atoms with Crippen molar-refractivity contribution in [1.82, 2.24) is 0 Å². The van der Waals surface area contributed by atoms with Gasteiger partial charge in [-0.15, -0.1) is 0 Å². The fraction of sp³-hybridized carbons (Fsp3) is 0.150. The van der Waals surface area contributed by atoms with Gasteiger partial charge in [0.05, 0.1) is 12.7 Å². The molecule has 3 aliphatic rings. The van der Waals surface area contributed by atoms with Crippen molar-refractivity contribution < 1.29 is 19.2 Å². The van der Waals surface area contributed by atoms with Crippen molar-refractivity contribution in [3.63, 3.8) is 0 Å². The average Bonchev–Trinajstić information content (AvgIpc) is 3.02. The van der Waals surface area contributed by atoms with Gasteiger partial charge in [0.2, 0.25) is 5.76 Å². The van der Waals surface area contributed by atoms with Crippen molar-refractivity contribution in [3.05, 3.63) is 81.4 Å². The molecule has 134 valence electrons. The smallest absolute Gasteiger partial charge is 0.363 e. The second kappa shape index (κ2) is 5.44. The molecule has 2 aromatic rings. The Kier molecular flexibility index (Phi) is 3.15. The highest BCUT2D eigenvalue weighted by Crippen LogP contribution is 2.48. The fourth-order valence-electron chi connectivity index (χ4n) is 3.99. The molecule has 2 aromatic carbocycles. The Hall–Kier alpha value is -3.61. The van der Waals surface area contributed by atoms with Crippen molar-refractivity contribution >= 4 is 17.5 Å². The van der Waals surface area contributed by atoms with Crippen LogP contribution in [0.3, 0.4) is 0 Å². The van der Waals surface area contributed by atoms with Crippen LogP contribution in [-0.2, 0) is 0 Å². The molecule has 5 rings (SSSR count). The van der Waals surface area contributed by atoms with E-state index in [4.69, 9.17) is 9.47 Å². The van der Waals surface area contributed by atoms with E-state index in [1.807, 2.05) is 36.4 Å². The number of Topliss-reactive ketones (excluding diaryl/α,β-unsaturated/α-hetero) is 1. The summed E-state index contributed by atoms with van der Waals surface area (Å²) in [7, 11) is 1.51. The highest BCUT2D eigenvalue weighted by atomic mass is 16.6. The molecule has 27 heavy (non-hydrogen) atoms. The van der Waals surface area contributed by atoms with E-state index in [2.05, 4.69) is 0 Å². The van der Waals surface area contributed by atoms with Gasteiger partial charge in [-0.25, -0.2) is 4.90 Å². The first kappa shape index (κ1) is 15.6. The average molecular weight is 362 g/mol. The number of hydrogen-bond acceptors (Lipinski definition) is 6. The van der Waals surface area contributed by atoms with Crippen molar-refractivity contribution in [2.45, 2.75) is 6.04 Å². The van der Waals surface area contributed by atoms with Crippen LogP contribution in [0.1, 0.15) is 15.9 Å². The Morgan fingerprint density at radius 2 is 2.04 bits per heavy atom. The Morgan fingerprint density at radius 1 is 1.22 bits per heavy atom. The van der Waals surface area contributed by atoms with Crippen molar-refractivity contribution in [2.75, 3.05) is 12.0 Å². The first-order valence-corrected chi connectivity index (χ1v) is 8.45. The predicted molar refractivity (Wildman–Crippen MR) is 97.2 cm³/mol. The van der Waals surface area contributed by atoms with Crippen LogP contribution < -0.4 is 14.4 Å². The SMILES string of the molecule is COc1ccc2c(c1)OC1=C([N+](=O)[O-])N3c4ccccc4C=CC3C1C2=O. The maximum atomic E-state index is 13.2. The molecular weight excluding hydrogens is 348 g/mol. The van der Waals surface area contributed by atoms with E-state index >= 15 is 0 Å². The van der Waals surface area contributed by atoms with Crippen molar-refractivity contribution in [3.8, 4) is 11.5 Å². The van der Waals surface area contributed by atoms with Crippen LogP contribution in [0, 0.1) is 16.0 Å². The molecule has 0 radical (unpaired) electrons. The van der Waals surface area contributed by atoms with E-state index in [9.17, 15) is 14.9 Å². The lowest BCUT2D eigenvalue weighted by Crippen LogP contribution is -2.39. The molecule has 2 unspecified atom stereocenters. The third-order valence-electron chi connectivity index (χ3n) is 5.17. The van der Waals surface area contributed by atoms with E-state index in [0.29, 0.717) is 17.0 Å². The number of anilines is 1. The van der Waals surface area contributed by atoms with Gasteiger partial charge < -0.3 is 19.6 Å². The fourth-order valence-corrected chi connectivity index (χ4v) is 3.99. The Labute approximate surface area is 154 Å². The summed E-state index contributed by atoms with van der Waals surface area (Å²) in [6.45, 7) is 0. The quantitative estimate of drug-likeness (QED) is 0.602. The van der Waals surface area contributed by atoms with Gasteiger partial charge >= 0.3 is 5.82 Å². The molecule has 7 heteroatoms. The van der Waals surface area contributed by atoms with Gasteiger partial charge in [-0.05, 0) is 29.2 Å². The minimum atomic E-state index is -0.754. The lowest BCUT2D eigenvalue weighted by atomic mass is 9.86. The molecule has 0 aliphatic carbocycles. The van der Waals surface area contributed by atoms with E-state index in [1.54, 1.807) is 23.1 Å². The molecule has 0 fully saturated rings. The molecular formula is C20H14N2O5. The number of para-hydroxylation sites is 1. The molecule has 0 spiro atoms. The van der Waals surface area contributed by atoms with Crippen molar-refractivity contribution in [2.24, 2.45) is 5.92 Å². The predicted octanol–water partition coefficient (Wildman–Crippen LogP) is 3.25. The molecule has 7 nitrogen and oxygen atoms in total. The van der Waals surface area contributed by atoms with Crippen molar-refractivity contribution in [1.29, 1.82) is 0 Å². The zero-order valence-electron chi connectivity index (χ0n) is 14.3. The topological polar surface area (TPSA) is 81.9 Å². The molecule has 0 bridgehead atoms. The van der Waals surface area contributed by atoms with Gasteiger partial charge in [-0.3, -0.25) is 4.79 Å². The monoisotopic (exact) mass is 362 g/mol. The highest BCUT2D eigenvalue weighted by molar-refractivity contribution is 6.05. The standard InChI is InChI=1S/C20H14N2O5/c1-26-12-7-8-13-16(10-12)27-19-17(18(13)23)15-9-6-11-4-2-3-5-14(11)21(15)20(19)22(24)25/h2-10,15,17H,1H3. The summed E-state index contributed by atoms with van der Waals surface area (Å²) in [5.41, 5.74) is 1.96. The Bertz CT molecular complexity index is 1070. The van der Waals surface area contributed by atoms with Gasteiger partial charge in [0.15, 0.2) is 5.78 Å². The van der Waals surface area contributed by atoms with Gasteiger partial charge in [-0.2, -0.15) is 0 Å². The van der Waals surface area contributed by atoms with E-state index in [-0.39, 0.29) is 23.1 Å². The van der Waals surface area contributed by atoms with E-state index in [0.717, 1.165) is 5.56 Å². The largest absolute Gasteiger partial charge is 0.497 e. The maximum Gasteiger partial charge on any atom is 0.363 e. The molecule has 3 aliphatic heterocycles. The van der Waals surface area contributed by atoms with Gasteiger partial charge in [-0.1, -0.05) is 24.3 Å². The van der Waals surface area contributed by atoms with E-state index in [1.165, 1.54) is 7.11 Å². The number of nitro groups is 1. The summed E-state index contributed by atoms with van der Waals surface area (Å²) >= 11 is 0. The van der Waals surface area contributed by atoms with Crippen LogP contribution in [0.15, 0.2) is 60.1 Å². The maximum absolute atomic E-state index is 13.2. The molecule has 3 heterocycles. The Morgan fingerprint density at radius 3 is 2.81 bits per heavy atom. The second-order valence-corrected chi connectivity index (χ2v) is 6.53. The van der Waals surface area contributed by atoms with Gasteiger partial charge in [0, 0.05) is 11.6 Å².